The molecule has 0 amide bonds. The monoisotopic (exact) mass is 382 g/mol. The first-order chi connectivity index (χ1) is 13.6. The molecule has 0 bridgehead atoms. The fourth-order valence-corrected chi connectivity index (χ4v) is 4.84. The van der Waals surface area contributed by atoms with Crippen molar-refractivity contribution in [3.8, 4) is 5.75 Å². The molecule has 2 aliphatic rings. The topological polar surface area (TPSA) is 9.23 Å². The summed E-state index contributed by atoms with van der Waals surface area (Å²) < 4.78 is 34.5. The molecule has 0 N–H and O–H groups in total. The standard InChI is InChI=1S/C25H28F2O/c1-3-16-4-6-17(7-5-16)18-8-11-21(23(26)15-18)19-9-12-22-20(14-19)10-13-24(28-2)25(22)27/h8-11,13,15-17H,3-7,12,14H2,1-2H3. The number of methoxy groups -OCH3 is 1. The van der Waals surface area contributed by atoms with Gasteiger partial charge in [-0.25, -0.2) is 8.78 Å². The van der Waals surface area contributed by atoms with Crippen molar-refractivity contribution in [3.63, 3.8) is 0 Å². The minimum atomic E-state index is -0.297. The van der Waals surface area contributed by atoms with Crippen LogP contribution in [0.3, 0.4) is 0 Å². The van der Waals surface area contributed by atoms with Crippen molar-refractivity contribution in [2.75, 3.05) is 7.11 Å². The van der Waals surface area contributed by atoms with Gasteiger partial charge in [-0.05, 0) is 84.8 Å². The quantitative estimate of drug-likeness (QED) is 0.562. The van der Waals surface area contributed by atoms with Crippen molar-refractivity contribution >= 4 is 5.57 Å². The fraction of sp³-hybridized carbons (Fsp3) is 0.440. The maximum absolute atomic E-state index is 15.0. The summed E-state index contributed by atoms with van der Waals surface area (Å²) in [5, 5.41) is 0. The van der Waals surface area contributed by atoms with Crippen molar-refractivity contribution in [2.24, 2.45) is 5.92 Å². The first-order valence-corrected chi connectivity index (χ1v) is 10.4. The largest absolute Gasteiger partial charge is 0.494 e. The van der Waals surface area contributed by atoms with E-state index in [9.17, 15) is 8.78 Å². The average molecular weight is 382 g/mol. The number of allylic oxidation sites excluding steroid dienone is 2. The number of benzene rings is 2. The Hall–Kier alpha value is -2.16. The molecule has 0 aliphatic heterocycles. The van der Waals surface area contributed by atoms with Crippen LogP contribution >= 0.6 is 0 Å². The van der Waals surface area contributed by atoms with Gasteiger partial charge in [0.15, 0.2) is 11.6 Å². The number of fused-ring (bicyclic) bond motifs is 1. The van der Waals surface area contributed by atoms with Crippen molar-refractivity contribution in [3.05, 3.63) is 70.3 Å². The molecule has 28 heavy (non-hydrogen) atoms. The van der Waals surface area contributed by atoms with E-state index in [1.165, 1.54) is 26.4 Å². The zero-order valence-electron chi connectivity index (χ0n) is 16.7. The summed E-state index contributed by atoms with van der Waals surface area (Å²) in [6, 6.07) is 9.30. The normalized spacial score (nSPS) is 21.8. The van der Waals surface area contributed by atoms with E-state index in [2.05, 4.69) is 13.0 Å². The maximum atomic E-state index is 15.0. The van der Waals surface area contributed by atoms with Crippen LogP contribution in [-0.2, 0) is 12.8 Å². The summed E-state index contributed by atoms with van der Waals surface area (Å²) in [7, 11) is 1.47. The molecule has 1 fully saturated rings. The predicted molar refractivity (Wildman–Crippen MR) is 110 cm³/mol. The van der Waals surface area contributed by atoms with Crippen LogP contribution in [0.15, 0.2) is 36.4 Å². The molecule has 4 rings (SSSR count). The molecular formula is C25H28F2O. The lowest BCUT2D eigenvalue weighted by Crippen LogP contribution is -2.13. The number of hydrogen-bond donors (Lipinski definition) is 0. The molecule has 148 valence electrons. The number of halogens is 2. The predicted octanol–water partition coefficient (Wildman–Crippen LogP) is 6.84. The summed E-state index contributed by atoms with van der Waals surface area (Å²) in [6.07, 6.45) is 9.05. The van der Waals surface area contributed by atoms with Crippen LogP contribution in [0.1, 0.15) is 67.2 Å². The highest BCUT2D eigenvalue weighted by Crippen LogP contribution is 2.39. The second kappa shape index (κ2) is 8.06. The number of hydrogen-bond acceptors (Lipinski definition) is 1. The Kier molecular flexibility index (Phi) is 5.52. The molecule has 2 aliphatic carbocycles. The Balaban J connectivity index is 1.53. The van der Waals surface area contributed by atoms with Gasteiger partial charge in [0, 0.05) is 5.56 Å². The van der Waals surface area contributed by atoms with Gasteiger partial charge in [-0.2, -0.15) is 0 Å². The van der Waals surface area contributed by atoms with E-state index in [1.807, 2.05) is 18.2 Å². The van der Waals surface area contributed by atoms with Crippen LogP contribution in [0.4, 0.5) is 8.78 Å². The Morgan fingerprint density at radius 1 is 1.04 bits per heavy atom. The van der Waals surface area contributed by atoms with Crippen molar-refractivity contribution in [2.45, 2.75) is 57.8 Å². The van der Waals surface area contributed by atoms with Crippen molar-refractivity contribution in [1.29, 1.82) is 0 Å². The van der Waals surface area contributed by atoms with Gasteiger partial charge in [-0.3, -0.25) is 0 Å². The molecule has 0 spiro atoms. The highest BCUT2D eigenvalue weighted by molar-refractivity contribution is 5.71. The van der Waals surface area contributed by atoms with Gasteiger partial charge in [0.25, 0.3) is 0 Å². The average Bonchev–Trinajstić information content (AvgIpc) is 2.74. The molecule has 1 saturated carbocycles. The molecule has 0 atom stereocenters. The molecular weight excluding hydrogens is 354 g/mol. The summed E-state index contributed by atoms with van der Waals surface area (Å²) in [4.78, 5) is 0. The molecule has 0 aromatic heterocycles. The maximum Gasteiger partial charge on any atom is 0.168 e. The van der Waals surface area contributed by atoms with Gasteiger partial charge in [0.1, 0.15) is 5.82 Å². The molecule has 3 heteroatoms. The zero-order valence-corrected chi connectivity index (χ0v) is 16.7. The van der Waals surface area contributed by atoms with Gasteiger partial charge < -0.3 is 4.74 Å². The van der Waals surface area contributed by atoms with Crippen LogP contribution in [0.2, 0.25) is 0 Å². The lowest BCUT2D eigenvalue weighted by Gasteiger charge is -2.28. The molecule has 2 aromatic rings. The second-order valence-corrected chi connectivity index (χ2v) is 8.19. The lowest BCUT2D eigenvalue weighted by molar-refractivity contribution is 0.318. The fourth-order valence-electron chi connectivity index (χ4n) is 4.84. The van der Waals surface area contributed by atoms with E-state index in [4.69, 9.17) is 4.74 Å². The van der Waals surface area contributed by atoms with Gasteiger partial charge in [-0.15, -0.1) is 0 Å². The third-order valence-corrected chi connectivity index (χ3v) is 6.69. The number of ether oxygens (including phenoxy) is 1. The van der Waals surface area contributed by atoms with Crippen LogP contribution in [-0.4, -0.2) is 7.11 Å². The highest BCUT2D eigenvalue weighted by atomic mass is 19.1. The Morgan fingerprint density at radius 3 is 2.50 bits per heavy atom. The van der Waals surface area contributed by atoms with E-state index in [0.717, 1.165) is 35.5 Å². The van der Waals surface area contributed by atoms with Crippen molar-refractivity contribution in [1.82, 2.24) is 0 Å². The molecule has 0 radical (unpaired) electrons. The third kappa shape index (κ3) is 3.59. The highest BCUT2D eigenvalue weighted by Gasteiger charge is 2.24. The summed E-state index contributed by atoms with van der Waals surface area (Å²) in [5.41, 5.74) is 4.29. The van der Waals surface area contributed by atoms with Gasteiger partial charge in [0.2, 0.25) is 0 Å². The SMILES string of the molecule is CCC1CCC(c2ccc(C3=CCc4c(ccc(OC)c4F)C3)c(F)c2)CC1. The molecule has 0 unspecified atom stereocenters. The molecule has 2 aromatic carbocycles. The van der Waals surface area contributed by atoms with Crippen LogP contribution in [0, 0.1) is 17.6 Å². The molecule has 0 heterocycles. The van der Waals surface area contributed by atoms with E-state index < -0.39 is 0 Å². The molecule has 1 nitrogen and oxygen atoms in total. The van der Waals surface area contributed by atoms with Crippen molar-refractivity contribution < 1.29 is 13.5 Å². The van der Waals surface area contributed by atoms with Gasteiger partial charge in [-0.1, -0.05) is 37.6 Å². The van der Waals surface area contributed by atoms with E-state index in [-0.39, 0.29) is 17.4 Å². The second-order valence-electron chi connectivity index (χ2n) is 8.19. The van der Waals surface area contributed by atoms with E-state index in [0.29, 0.717) is 29.9 Å². The van der Waals surface area contributed by atoms with E-state index >= 15 is 0 Å². The first-order valence-electron chi connectivity index (χ1n) is 10.4. The van der Waals surface area contributed by atoms with Gasteiger partial charge >= 0.3 is 0 Å². The van der Waals surface area contributed by atoms with E-state index in [1.54, 1.807) is 12.1 Å². The lowest BCUT2D eigenvalue weighted by atomic mass is 9.77. The Morgan fingerprint density at radius 2 is 1.82 bits per heavy atom. The number of rotatable bonds is 4. The summed E-state index contributed by atoms with van der Waals surface area (Å²) in [5.74, 6) is 1.14. The molecule has 0 saturated heterocycles. The summed E-state index contributed by atoms with van der Waals surface area (Å²) in [6.45, 7) is 2.26. The zero-order chi connectivity index (χ0) is 19.7. The minimum Gasteiger partial charge on any atom is -0.494 e. The van der Waals surface area contributed by atoms with Crippen LogP contribution in [0.25, 0.3) is 5.57 Å². The minimum absolute atomic E-state index is 0.154. The smallest absolute Gasteiger partial charge is 0.168 e. The van der Waals surface area contributed by atoms with Crippen LogP contribution in [0.5, 0.6) is 5.75 Å². The Labute approximate surface area is 166 Å². The first kappa shape index (κ1) is 19.2. The van der Waals surface area contributed by atoms with Crippen LogP contribution < -0.4 is 4.74 Å². The summed E-state index contributed by atoms with van der Waals surface area (Å²) >= 11 is 0. The third-order valence-electron chi connectivity index (χ3n) is 6.69. The Bertz CT molecular complexity index is 892. The van der Waals surface area contributed by atoms with Gasteiger partial charge in [0.05, 0.1) is 7.11 Å².